The van der Waals surface area contributed by atoms with E-state index in [9.17, 15) is 9.59 Å². The van der Waals surface area contributed by atoms with Crippen molar-refractivity contribution in [1.29, 1.82) is 0 Å². The van der Waals surface area contributed by atoms with Crippen molar-refractivity contribution in [3.63, 3.8) is 0 Å². The van der Waals surface area contributed by atoms with E-state index in [1.165, 1.54) is 4.57 Å². The number of fused-ring (bicyclic) bond motifs is 1. The second kappa shape index (κ2) is 5.42. The van der Waals surface area contributed by atoms with Gasteiger partial charge in [0.2, 0.25) is 0 Å². The van der Waals surface area contributed by atoms with Gasteiger partial charge in [0.05, 0.1) is 0 Å². The first kappa shape index (κ1) is 13.6. The Balaban J connectivity index is 2.57. The summed E-state index contributed by atoms with van der Waals surface area (Å²) in [5, 5.41) is 0. The van der Waals surface area contributed by atoms with Crippen LogP contribution in [0.3, 0.4) is 0 Å². The maximum atomic E-state index is 11.8. The zero-order valence-electron chi connectivity index (χ0n) is 11.6. The fraction of sp³-hybridized carbons (Fsp3) is 0.615. The molecule has 19 heavy (non-hydrogen) atoms. The van der Waals surface area contributed by atoms with Crippen LogP contribution in [0.15, 0.2) is 9.59 Å². The van der Waals surface area contributed by atoms with E-state index in [1.807, 2.05) is 6.92 Å². The van der Waals surface area contributed by atoms with Crippen LogP contribution < -0.4 is 11.2 Å². The molecule has 6 nitrogen and oxygen atoms in total. The zero-order valence-corrected chi connectivity index (χ0v) is 11.6. The lowest BCUT2D eigenvalue weighted by Gasteiger charge is -2.04. The average Bonchev–Trinajstić information content (AvgIpc) is 2.78. The molecule has 1 unspecified atom stereocenters. The Hall–Kier alpha value is -1.85. The summed E-state index contributed by atoms with van der Waals surface area (Å²) in [6.45, 7) is 6.79. The van der Waals surface area contributed by atoms with Crippen molar-refractivity contribution in [3.05, 3.63) is 26.7 Å². The molecule has 0 saturated heterocycles. The van der Waals surface area contributed by atoms with Crippen LogP contribution in [0.1, 0.15) is 39.4 Å². The van der Waals surface area contributed by atoms with Gasteiger partial charge in [-0.15, -0.1) is 0 Å². The highest BCUT2D eigenvalue weighted by Crippen LogP contribution is 2.11. The first-order valence-corrected chi connectivity index (χ1v) is 6.78. The molecule has 104 valence electrons. The second-order valence-electron chi connectivity index (χ2n) is 5.01. The van der Waals surface area contributed by atoms with E-state index >= 15 is 0 Å². The second-order valence-corrected chi connectivity index (χ2v) is 5.01. The van der Waals surface area contributed by atoms with Crippen molar-refractivity contribution >= 4 is 11.2 Å². The van der Waals surface area contributed by atoms with Crippen molar-refractivity contribution in [2.24, 2.45) is 5.92 Å². The van der Waals surface area contributed by atoms with Crippen molar-refractivity contribution in [3.8, 4) is 0 Å². The molecule has 0 spiro atoms. The summed E-state index contributed by atoms with van der Waals surface area (Å²) in [5.41, 5.74) is 0.0800. The number of rotatable bonds is 5. The minimum Gasteiger partial charge on any atom is -0.336 e. The monoisotopic (exact) mass is 264 g/mol. The number of H-pyrrole nitrogens is 2. The molecule has 0 aliphatic carbocycles. The zero-order chi connectivity index (χ0) is 14.0. The van der Waals surface area contributed by atoms with Gasteiger partial charge in [-0.2, -0.15) is 0 Å². The van der Waals surface area contributed by atoms with E-state index in [-0.39, 0.29) is 5.69 Å². The van der Waals surface area contributed by atoms with Gasteiger partial charge >= 0.3 is 5.69 Å². The van der Waals surface area contributed by atoms with Gasteiger partial charge in [-0.25, -0.2) is 9.78 Å². The van der Waals surface area contributed by atoms with Crippen LogP contribution in [-0.4, -0.2) is 19.5 Å². The number of nitrogens with zero attached hydrogens (tertiary/aromatic N) is 2. The maximum absolute atomic E-state index is 11.8. The molecule has 2 rings (SSSR count). The molecule has 0 bridgehead atoms. The van der Waals surface area contributed by atoms with Gasteiger partial charge < -0.3 is 4.98 Å². The first-order chi connectivity index (χ1) is 9.06. The highest BCUT2D eigenvalue weighted by molar-refractivity contribution is 5.69. The normalized spacial score (nSPS) is 13.0. The third-order valence-electron chi connectivity index (χ3n) is 3.37. The predicted molar refractivity (Wildman–Crippen MR) is 74.4 cm³/mol. The Kier molecular flexibility index (Phi) is 3.87. The number of aromatic amines is 2. The molecule has 0 radical (unpaired) electrons. The molecular formula is C13H20N4O2. The lowest BCUT2D eigenvalue weighted by Crippen LogP contribution is -2.30. The summed E-state index contributed by atoms with van der Waals surface area (Å²) in [4.78, 5) is 33.4. The third-order valence-corrected chi connectivity index (χ3v) is 3.37. The quantitative estimate of drug-likeness (QED) is 0.856. The Morgan fingerprint density at radius 1 is 1.26 bits per heavy atom. The summed E-state index contributed by atoms with van der Waals surface area (Å²) in [7, 11) is 0. The van der Waals surface area contributed by atoms with Gasteiger partial charge in [0.1, 0.15) is 11.3 Å². The highest BCUT2D eigenvalue weighted by Gasteiger charge is 2.13. The smallest absolute Gasteiger partial charge is 0.330 e. The SMILES string of the molecule is CCCn1c(=O)[nH]c(=O)c2[nH]c(CC(C)CC)nc21. The summed E-state index contributed by atoms with van der Waals surface area (Å²) < 4.78 is 1.52. The largest absolute Gasteiger partial charge is 0.336 e. The van der Waals surface area contributed by atoms with Crippen LogP contribution in [0.25, 0.3) is 11.2 Å². The lowest BCUT2D eigenvalue weighted by molar-refractivity contribution is 0.546. The molecule has 0 aromatic carbocycles. The van der Waals surface area contributed by atoms with Gasteiger partial charge in [0.15, 0.2) is 5.65 Å². The third kappa shape index (κ3) is 2.62. The number of imidazole rings is 1. The Morgan fingerprint density at radius 2 is 2.00 bits per heavy atom. The molecule has 0 fully saturated rings. The van der Waals surface area contributed by atoms with Crippen LogP contribution in [-0.2, 0) is 13.0 Å². The molecule has 2 aromatic rings. The van der Waals surface area contributed by atoms with Gasteiger partial charge in [-0.3, -0.25) is 14.3 Å². The number of hydrogen-bond acceptors (Lipinski definition) is 3. The number of nitrogens with one attached hydrogen (secondary N) is 2. The van der Waals surface area contributed by atoms with E-state index in [0.29, 0.717) is 23.6 Å². The standard InChI is InChI=1S/C13H20N4O2/c1-4-6-17-11-10(12(18)16-13(17)19)14-9(15-11)7-8(3)5-2/h8H,4-7H2,1-3H3,(H,14,15)(H,16,18,19). The molecule has 0 aliphatic heterocycles. The minimum atomic E-state index is -0.393. The molecule has 0 saturated carbocycles. The van der Waals surface area contributed by atoms with E-state index < -0.39 is 5.56 Å². The van der Waals surface area contributed by atoms with Gasteiger partial charge in [-0.05, 0) is 12.3 Å². The highest BCUT2D eigenvalue weighted by atomic mass is 16.2. The van der Waals surface area contributed by atoms with Gasteiger partial charge in [0.25, 0.3) is 5.56 Å². The van der Waals surface area contributed by atoms with Gasteiger partial charge in [0, 0.05) is 13.0 Å². The molecule has 2 heterocycles. The van der Waals surface area contributed by atoms with E-state index in [1.54, 1.807) is 0 Å². The van der Waals surface area contributed by atoms with Crippen molar-refractivity contribution < 1.29 is 0 Å². The van der Waals surface area contributed by atoms with Crippen LogP contribution in [0.2, 0.25) is 0 Å². The molecule has 2 aromatic heterocycles. The molecule has 0 aliphatic rings. The van der Waals surface area contributed by atoms with Crippen LogP contribution in [0.4, 0.5) is 0 Å². The lowest BCUT2D eigenvalue weighted by atomic mass is 10.1. The molecule has 1 atom stereocenters. The fourth-order valence-electron chi connectivity index (χ4n) is 2.09. The Labute approximate surface area is 110 Å². The van der Waals surface area contributed by atoms with Crippen molar-refractivity contribution in [2.45, 2.75) is 46.6 Å². The van der Waals surface area contributed by atoms with E-state index in [2.05, 4.69) is 28.8 Å². The number of aryl methyl sites for hydroxylation is 1. The van der Waals surface area contributed by atoms with Gasteiger partial charge in [-0.1, -0.05) is 27.2 Å². The molecule has 2 N–H and O–H groups in total. The minimum absolute atomic E-state index is 0.388. The molecule has 6 heteroatoms. The number of aromatic nitrogens is 4. The topological polar surface area (TPSA) is 83.5 Å². The maximum Gasteiger partial charge on any atom is 0.330 e. The predicted octanol–water partition coefficient (Wildman–Crippen LogP) is 1.41. The van der Waals surface area contributed by atoms with E-state index in [4.69, 9.17) is 0 Å². The van der Waals surface area contributed by atoms with Crippen molar-refractivity contribution in [2.75, 3.05) is 0 Å². The fourth-order valence-corrected chi connectivity index (χ4v) is 2.09. The average molecular weight is 264 g/mol. The Morgan fingerprint density at radius 3 is 2.63 bits per heavy atom. The van der Waals surface area contributed by atoms with E-state index in [0.717, 1.165) is 25.1 Å². The summed E-state index contributed by atoms with van der Waals surface area (Å²) >= 11 is 0. The van der Waals surface area contributed by atoms with Crippen molar-refractivity contribution in [1.82, 2.24) is 19.5 Å². The number of hydrogen-bond donors (Lipinski definition) is 2. The van der Waals surface area contributed by atoms with Crippen LogP contribution in [0, 0.1) is 5.92 Å². The molecule has 0 amide bonds. The summed E-state index contributed by atoms with van der Waals surface area (Å²) in [6.07, 6.45) is 2.65. The first-order valence-electron chi connectivity index (χ1n) is 6.78. The summed E-state index contributed by atoms with van der Waals surface area (Å²) in [5.74, 6) is 1.26. The van der Waals surface area contributed by atoms with Crippen LogP contribution >= 0.6 is 0 Å². The molecular weight excluding hydrogens is 244 g/mol. The Bertz CT molecular complexity index is 680. The van der Waals surface area contributed by atoms with Crippen LogP contribution in [0.5, 0.6) is 0 Å². The summed E-state index contributed by atoms with van der Waals surface area (Å²) in [6, 6.07) is 0.